The van der Waals surface area contributed by atoms with Crippen molar-refractivity contribution in [2.75, 3.05) is 39.9 Å². The first kappa shape index (κ1) is 24.6. The van der Waals surface area contributed by atoms with Crippen molar-refractivity contribution in [3.8, 4) is 11.5 Å². The van der Waals surface area contributed by atoms with E-state index in [1.807, 2.05) is 0 Å². The number of carbonyl (C=O) groups is 2. The first-order valence-electron chi connectivity index (χ1n) is 8.07. The summed E-state index contributed by atoms with van der Waals surface area (Å²) in [6.07, 6.45) is 1.54. The Bertz CT molecular complexity index is 611. The summed E-state index contributed by atoms with van der Waals surface area (Å²) in [5.41, 5.74) is 1.23. The van der Waals surface area contributed by atoms with Gasteiger partial charge in [0.1, 0.15) is 30.7 Å². The van der Waals surface area contributed by atoms with E-state index in [1.54, 1.807) is 50.6 Å². The molecule has 0 amide bonds. The maximum Gasteiger partial charge on any atom is 0.150 e. The highest BCUT2D eigenvalue weighted by molar-refractivity contribution is 6.17. The molecule has 0 spiro atoms. The second-order valence-corrected chi connectivity index (χ2v) is 5.30. The van der Waals surface area contributed by atoms with Crippen LogP contribution in [0.25, 0.3) is 0 Å². The zero-order chi connectivity index (χ0) is 20.3. The van der Waals surface area contributed by atoms with Gasteiger partial charge in [0, 0.05) is 31.2 Å². The van der Waals surface area contributed by atoms with Crippen LogP contribution in [0.3, 0.4) is 0 Å². The van der Waals surface area contributed by atoms with Crippen LogP contribution in [-0.2, 0) is 9.47 Å². The molecule has 0 unspecified atom stereocenters. The average molecular weight is 397 g/mol. The lowest BCUT2D eigenvalue weighted by atomic mass is 10.2. The van der Waals surface area contributed by atoms with Crippen molar-refractivity contribution >= 4 is 24.2 Å². The van der Waals surface area contributed by atoms with Crippen LogP contribution in [0.4, 0.5) is 0 Å². The molecule has 148 valence electrons. The fourth-order valence-corrected chi connectivity index (χ4v) is 1.67. The Morgan fingerprint density at radius 1 is 0.815 bits per heavy atom. The molecule has 0 heterocycles. The molecular weight excluding hydrogens is 372 g/mol. The van der Waals surface area contributed by atoms with Crippen LogP contribution >= 0.6 is 11.6 Å². The summed E-state index contributed by atoms with van der Waals surface area (Å²) < 4.78 is 14.7. The quantitative estimate of drug-likeness (QED) is 0.417. The topological polar surface area (TPSA) is 82.1 Å². The van der Waals surface area contributed by atoms with Crippen LogP contribution < -0.4 is 4.74 Å². The van der Waals surface area contributed by atoms with Gasteiger partial charge in [0.25, 0.3) is 0 Å². The van der Waals surface area contributed by atoms with E-state index in [1.165, 1.54) is 12.1 Å². The Balaban J connectivity index is 0.000000419. The number of ether oxygens (including phenoxy) is 3. The van der Waals surface area contributed by atoms with Crippen LogP contribution in [0.5, 0.6) is 11.5 Å². The lowest BCUT2D eigenvalue weighted by Crippen LogP contribution is -2.03. The summed E-state index contributed by atoms with van der Waals surface area (Å²) in [5, 5.41) is 8.74. The summed E-state index contributed by atoms with van der Waals surface area (Å²) in [6, 6.07) is 13.0. The van der Waals surface area contributed by atoms with Gasteiger partial charge in [-0.25, -0.2) is 0 Å². The molecule has 1 N–H and O–H groups in total. The molecule has 0 saturated heterocycles. The number of carbonyl (C=O) groups excluding carboxylic acids is 2. The summed E-state index contributed by atoms with van der Waals surface area (Å²) >= 11 is 5.18. The largest absolute Gasteiger partial charge is 0.508 e. The summed E-state index contributed by atoms with van der Waals surface area (Å²) in [5.74, 6) is 1.53. The number of alkyl halides is 1. The third kappa shape index (κ3) is 13.5. The monoisotopic (exact) mass is 396 g/mol. The molecule has 2 aromatic rings. The van der Waals surface area contributed by atoms with Crippen molar-refractivity contribution < 1.29 is 28.9 Å². The molecule has 27 heavy (non-hydrogen) atoms. The third-order valence-electron chi connectivity index (χ3n) is 2.88. The average Bonchev–Trinajstić information content (AvgIpc) is 2.71. The van der Waals surface area contributed by atoms with Crippen molar-refractivity contribution in [3.05, 3.63) is 59.7 Å². The van der Waals surface area contributed by atoms with Gasteiger partial charge < -0.3 is 19.3 Å². The molecule has 0 aliphatic rings. The van der Waals surface area contributed by atoms with Crippen molar-refractivity contribution in [2.24, 2.45) is 0 Å². The Labute approximate surface area is 164 Å². The van der Waals surface area contributed by atoms with Crippen LogP contribution in [0.2, 0.25) is 0 Å². The molecule has 0 bridgehead atoms. The van der Waals surface area contributed by atoms with Crippen molar-refractivity contribution in [3.63, 3.8) is 0 Å². The molecule has 2 rings (SSSR count). The summed E-state index contributed by atoms with van der Waals surface area (Å²) in [4.78, 5) is 20.4. The van der Waals surface area contributed by atoms with E-state index in [0.29, 0.717) is 36.8 Å². The van der Waals surface area contributed by atoms with Crippen LogP contribution in [0, 0.1) is 0 Å². The van der Waals surface area contributed by atoms with Gasteiger partial charge in [-0.1, -0.05) is 0 Å². The lowest BCUT2D eigenvalue weighted by Gasteiger charge is -2.04. The molecular formula is C20H25ClO6. The fourth-order valence-electron chi connectivity index (χ4n) is 1.52. The first-order valence-corrected chi connectivity index (χ1v) is 8.60. The number of hydrogen-bond acceptors (Lipinski definition) is 6. The second-order valence-electron chi connectivity index (χ2n) is 4.92. The number of phenolic OH excluding ortho intramolecular Hbond substituents is 1. The van der Waals surface area contributed by atoms with Gasteiger partial charge in [0.05, 0.1) is 13.2 Å². The number of methoxy groups -OCH3 is 2. The number of aromatic hydroxyl groups is 1. The van der Waals surface area contributed by atoms with Gasteiger partial charge in [-0.15, -0.1) is 11.6 Å². The zero-order valence-electron chi connectivity index (χ0n) is 15.5. The molecule has 2 aromatic carbocycles. The van der Waals surface area contributed by atoms with Crippen molar-refractivity contribution in [1.29, 1.82) is 0 Å². The van der Waals surface area contributed by atoms with E-state index < -0.39 is 0 Å². The molecule has 0 saturated carbocycles. The van der Waals surface area contributed by atoms with Crippen LogP contribution in [-0.4, -0.2) is 57.6 Å². The standard InChI is InChI=1S/C10H12O3.C7H6O2.C3H7ClO/c1-12-6-7-13-10-4-2-9(8-11)3-5-10;8-5-6-1-3-7(9)4-2-6;1-5-3-2-4/h2-5,8H,6-7H2,1H3;1-5,9H;2-3H2,1H3. The predicted molar refractivity (Wildman–Crippen MR) is 105 cm³/mol. The first-order chi connectivity index (χ1) is 13.1. The predicted octanol–water partition coefficient (Wildman–Crippen LogP) is 3.60. The Morgan fingerprint density at radius 2 is 1.30 bits per heavy atom. The Hall–Kier alpha value is -2.41. The van der Waals surface area contributed by atoms with Gasteiger partial charge in [-0.3, -0.25) is 9.59 Å². The van der Waals surface area contributed by atoms with Gasteiger partial charge in [0.2, 0.25) is 0 Å². The normalized spacial score (nSPS) is 9.15. The van der Waals surface area contributed by atoms with E-state index in [4.69, 9.17) is 26.2 Å². The van der Waals surface area contributed by atoms with E-state index in [9.17, 15) is 9.59 Å². The van der Waals surface area contributed by atoms with Crippen molar-refractivity contribution in [2.45, 2.75) is 0 Å². The highest BCUT2D eigenvalue weighted by Gasteiger charge is 1.93. The SMILES string of the molecule is COCCCl.COCCOc1ccc(C=O)cc1.O=Cc1ccc(O)cc1. The Morgan fingerprint density at radius 3 is 1.67 bits per heavy atom. The number of benzene rings is 2. The molecule has 0 atom stereocenters. The van der Waals surface area contributed by atoms with Gasteiger partial charge >= 0.3 is 0 Å². The zero-order valence-corrected chi connectivity index (χ0v) is 16.2. The minimum absolute atomic E-state index is 0.181. The highest BCUT2D eigenvalue weighted by Crippen LogP contribution is 2.10. The molecule has 0 fully saturated rings. The molecule has 0 radical (unpaired) electrons. The fraction of sp³-hybridized carbons (Fsp3) is 0.300. The van der Waals surface area contributed by atoms with Crippen LogP contribution in [0.15, 0.2) is 48.5 Å². The molecule has 0 aliphatic heterocycles. The lowest BCUT2D eigenvalue weighted by molar-refractivity contribution is 0.111. The number of aldehydes is 2. The van der Waals surface area contributed by atoms with Gasteiger partial charge in [0.15, 0.2) is 0 Å². The highest BCUT2D eigenvalue weighted by atomic mass is 35.5. The van der Waals surface area contributed by atoms with Gasteiger partial charge in [-0.2, -0.15) is 0 Å². The van der Waals surface area contributed by atoms with Crippen LogP contribution in [0.1, 0.15) is 20.7 Å². The molecule has 0 aromatic heterocycles. The number of phenols is 1. The minimum Gasteiger partial charge on any atom is -0.508 e. The number of halogens is 1. The van der Waals surface area contributed by atoms with Crippen molar-refractivity contribution in [1.82, 2.24) is 0 Å². The maximum atomic E-state index is 10.3. The van der Waals surface area contributed by atoms with E-state index in [-0.39, 0.29) is 5.75 Å². The molecule has 7 heteroatoms. The summed E-state index contributed by atoms with van der Waals surface area (Å²) in [7, 11) is 3.25. The third-order valence-corrected chi connectivity index (χ3v) is 3.04. The van der Waals surface area contributed by atoms with E-state index >= 15 is 0 Å². The van der Waals surface area contributed by atoms with E-state index in [0.717, 1.165) is 18.3 Å². The second kappa shape index (κ2) is 17.0. The Kier molecular flexibility index (Phi) is 15.5. The number of hydrogen-bond donors (Lipinski definition) is 1. The minimum atomic E-state index is 0.181. The molecule has 6 nitrogen and oxygen atoms in total. The maximum absolute atomic E-state index is 10.3. The smallest absolute Gasteiger partial charge is 0.150 e. The summed E-state index contributed by atoms with van der Waals surface area (Å²) in [6.45, 7) is 1.74. The van der Waals surface area contributed by atoms with Gasteiger partial charge in [-0.05, 0) is 48.5 Å². The number of rotatable bonds is 8. The van der Waals surface area contributed by atoms with E-state index in [2.05, 4.69) is 4.74 Å². The molecule has 0 aliphatic carbocycles.